The fourth-order valence-corrected chi connectivity index (χ4v) is 0.969. The summed E-state index contributed by atoms with van der Waals surface area (Å²) in [5, 5.41) is 10.2. The predicted molar refractivity (Wildman–Crippen MR) is 47.3 cm³/mol. The molecule has 1 aromatic heterocycles. The third-order valence-electron chi connectivity index (χ3n) is 1.67. The standard InChI is InChI=1S/C8H12N2O3/c1-6(9)2-3-7-4-5-8(13-7)10(11)12/h4-6H,2-3,9H2,1H3. The number of hydrogen-bond acceptors (Lipinski definition) is 4. The predicted octanol–water partition coefficient (Wildman–Crippen LogP) is 1.47. The van der Waals surface area contributed by atoms with Crippen LogP contribution in [0.5, 0.6) is 0 Å². The molecule has 0 fully saturated rings. The Morgan fingerprint density at radius 2 is 2.38 bits per heavy atom. The summed E-state index contributed by atoms with van der Waals surface area (Å²) in [6.07, 6.45) is 1.41. The summed E-state index contributed by atoms with van der Waals surface area (Å²) < 4.78 is 4.94. The molecule has 72 valence electrons. The van der Waals surface area contributed by atoms with Gasteiger partial charge in [0.15, 0.2) is 0 Å². The average molecular weight is 184 g/mol. The molecular weight excluding hydrogens is 172 g/mol. The number of nitrogens with zero attached hydrogens (tertiary/aromatic N) is 1. The molecule has 0 aliphatic carbocycles. The minimum Gasteiger partial charge on any atom is -0.406 e. The van der Waals surface area contributed by atoms with Crippen LogP contribution in [0.1, 0.15) is 19.1 Å². The van der Waals surface area contributed by atoms with Gasteiger partial charge in [-0.15, -0.1) is 0 Å². The molecule has 0 aliphatic heterocycles. The molecule has 1 aromatic rings. The van der Waals surface area contributed by atoms with E-state index in [1.54, 1.807) is 6.07 Å². The lowest BCUT2D eigenvalue weighted by Gasteiger charge is -2.00. The minimum absolute atomic E-state index is 0.0872. The van der Waals surface area contributed by atoms with E-state index in [1.807, 2.05) is 6.92 Å². The number of nitro groups is 1. The van der Waals surface area contributed by atoms with E-state index in [2.05, 4.69) is 0 Å². The molecule has 1 rings (SSSR count). The van der Waals surface area contributed by atoms with Crippen LogP contribution < -0.4 is 5.73 Å². The van der Waals surface area contributed by atoms with Crippen molar-refractivity contribution in [3.63, 3.8) is 0 Å². The number of hydrogen-bond donors (Lipinski definition) is 1. The molecule has 1 unspecified atom stereocenters. The summed E-state index contributed by atoms with van der Waals surface area (Å²) >= 11 is 0. The lowest BCUT2D eigenvalue weighted by molar-refractivity contribution is -0.402. The van der Waals surface area contributed by atoms with Crippen molar-refractivity contribution in [1.29, 1.82) is 0 Å². The fourth-order valence-electron chi connectivity index (χ4n) is 0.969. The number of furan rings is 1. The van der Waals surface area contributed by atoms with Crippen LogP contribution >= 0.6 is 0 Å². The van der Waals surface area contributed by atoms with E-state index in [0.717, 1.165) is 6.42 Å². The first-order chi connectivity index (χ1) is 6.09. The second-order valence-electron chi connectivity index (χ2n) is 3.01. The van der Waals surface area contributed by atoms with Crippen molar-refractivity contribution in [2.24, 2.45) is 5.73 Å². The van der Waals surface area contributed by atoms with Gasteiger partial charge in [0.2, 0.25) is 0 Å². The summed E-state index contributed by atoms with van der Waals surface area (Å²) in [4.78, 5) is 9.69. The zero-order valence-electron chi connectivity index (χ0n) is 7.40. The Labute approximate surface area is 75.7 Å². The Kier molecular flexibility index (Phi) is 3.02. The Balaban J connectivity index is 2.54. The third kappa shape index (κ3) is 2.87. The van der Waals surface area contributed by atoms with E-state index in [1.165, 1.54) is 6.07 Å². The highest BCUT2D eigenvalue weighted by Gasteiger charge is 2.11. The van der Waals surface area contributed by atoms with Gasteiger partial charge in [-0.05, 0) is 19.4 Å². The topological polar surface area (TPSA) is 82.3 Å². The average Bonchev–Trinajstić information content (AvgIpc) is 2.48. The maximum atomic E-state index is 10.2. The zero-order valence-corrected chi connectivity index (χ0v) is 7.40. The quantitative estimate of drug-likeness (QED) is 0.567. The van der Waals surface area contributed by atoms with Gasteiger partial charge >= 0.3 is 5.88 Å². The summed E-state index contributed by atoms with van der Waals surface area (Å²) in [6.45, 7) is 1.89. The summed E-state index contributed by atoms with van der Waals surface area (Å²) in [7, 11) is 0. The van der Waals surface area contributed by atoms with Crippen LogP contribution in [-0.4, -0.2) is 11.0 Å². The van der Waals surface area contributed by atoms with Crippen molar-refractivity contribution in [2.45, 2.75) is 25.8 Å². The van der Waals surface area contributed by atoms with Crippen LogP contribution in [-0.2, 0) is 6.42 Å². The van der Waals surface area contributed by atoms with Gasteiger partial charge in [-0.25, -0.2) is 0 Å². The molecule has 0 radical (unpaired) electrons. The maximum absolute atomic E-state index is 10.2. The summed E-state index contributed by atoms with van der Waals surface area (Å²) in [6, 6.07) is 3.06. The van der Waals surface area contributed by atoms with Crippen molar-refractivity contribution in [3.8, 4) is 0 Å². The summed E-state index contributed by atoms with van der Waals surface area (Å²) in [5.41, 5.74) is 5.53. The van der Waals surface area contributed by atoms with Crippen LogP contribution in [0.2, 0.25) is 0 Å². The van der Waals surface area contributed by atoms with E-state index in [-0.39, 0.29) is 11.9 Å². The monoisotopic (exact) mass is 184 g/mol. The molecular formula is C8H12N2O3. The van der Waals surface area contributed by atoms with E-state index in [9.17, 15) is 10.1 Å². The molecule has 2 N–H and O–H groups in total. The molecule has 0 amide bonds. The SMILES string of the molecule is CC(N)CCc1ccc([N+](=O)[O-])o1. The highest BCUT2D eigenvalue weighted by molar-refractivity contribution is 5.17. The van der Waals surface area contributed by atoms with Crippen molar-refractivity contribution < 1.29 is 9.34 Å². The van der Waals surface area contributed by atoms with Crippen LogP contribution in [0.25, 0.3) is 0 Å². The minimum atomic E-state index is -0.546. The van der Waals surface area contributed by atoms with Gasteiger partial charge in [-0.1, -0.05) is 0 Å². The molecule has 13 heavy (non-hydrogen) atoms. The van der Waals surface area contributed by atoms with Crippen molar-refractivity contribution in [2.75, 3.05) is 0 Å². The molecule has 0 aliphatic rings. The number of rotatable bonds is 4. The molecule has 1 heterocycles. The van der Waals surface area contributed by atoms with Crippen molar-refractivity contribution in [3.05, 3.63) is 28.0 Å². The van der Waals surface area contributed by atoms with Crippen LogP contribution in [0, 0.1) is 10.1 Å². The lowest BCUT2D eigenvalue weighted by Crippen LogP contribution is -2.15. The van der Waals surface area contributed by atoms with Gasteiger partial charge in [-0.2, -0.15) is 0 Å². The molecule has 0 saturated carbocycles. The largest absolute Gasteiger partial charge is 0.433 e. The van der Waals surface area contributed by atoms with Crippen LogP contribution in [0.4, 0.5) is 5.88 Å². The first-order valence-electron chi connectivity index (χ1n) is 4.08. The Morgan fingerprint density at radius 3 is 2.85 bits per heavy atom. The van der Waals surface area contributed by atoms with E-state index in [4.69, 9.17) is 10.2 Å². The first kappa shape index (κ1) is 9.73. The molecule has 5 heteroatoms. The Bertz CT molecular complexity index is 293. The van der Waals surface area contributed by atoms with Gasteiger partial charge in [0.1, 0.15) is 10.7 Å². The lowest BCUT2D eigenvalue weighted by atomic mass is 10.2. The number of nitrogens with two attached hydrogens (primary N) is 1. The van der Waals surface area contributed by atoms with Crippen LogP contribution in [0.15, 0.2) is 16.5 Å². The van der Waals surface area contributed by atoms with Gasteiger partial charge < -0.3 is 10.2 Å². The van der Waals surface area contributed by atoms with Crippen LogP contribution in [0.3, 0.4) is 0 Å². The third-order valence-corrected chi connectivity index (χ3v) is 1.67. The normalized spacial score (nSPS) is 12.8. The maximum Gasteiger partial charge on any atom is 0.433 e. The Hall–Kier alpha value is -1.36. The second kappa shape index (κ2) is 4.04. The number of aryl methyl sites for hydroxylation is 1. The fraction of sp³-hybridized carbons (Fsp3) is 0.500. The second-order valence-corrected chi connectivity index (χ2v) is 3.01. The first-order valence-corrected chi connectivity index (χ1v) is 4.08. The van der Waals surface area contributed by atoms with Crippen molar-refractivity contribution in [1.82, 2.24) is 0 Å². The molecule has 5 nitrogen and oxygen atoms in total. The molecule has 0 aromatic carbocycles. The molecule has 0 bridgehead atoms. The molecule has 1 atom stereocenters. The zero-order chi connectivity index (χ0) is 9.84. The van der Waals surface area contributed by atoms with Gasteiger partial charge in [0, 0.05) is 12.5 Å². The van der Waals surface area contributed by atoms with Gasteiger partial charge in [0.25, 0.3) is 0 Å². The van der Waals surface area contributed by atoms with Gasteiger partial charge in [0.05, 0.1) is 6.07 Å². The smallest absolute Gasteiger partial charge is 0.406 e. The molecule has 0 spiro atoms. The summed E-state index contributed by atoms with van der Waals surface area (Å²) in [5.74, 6) is 0.406. The van der Waals surface area contributed by atoms with E-state index >= 15 is 0 Å². The van der Waals surface area contributed by atoms with Gasteiger partial charge in [-0.3, -0.25) is 10.1 Å². The highest BCUT2D eigenvalue weighted by Crippen LogP contribution is 2.16. The van der Waals surface area contributed by atoms with Crippen molar-refractivity contribution >= 4 is 5.88 Å². The van der Waals surface area contributed by atoms with E-state index in [0.29, 0.717) is 12.2 Å². The highest BCUT2D eigenvalue weighted by atomic mass is 16.6. The molecule has 0 saturated heterocycles. The van der Waals surface area contributed by atoms with E-state index < -0.39 is 4.92 Å². The Morgan fingerprint density at radius 1 is 1.69 bits per heavy atom.